The Morgan fingerprint density at radius 1 is 1.30 bits per heavy atom. The Balaban J connectivity index is 1.79. The van der Waals surface area contributed by atoms with Crippen molar-refractivity contribution in [2.45, 2.75) is 51.9 Å². The van der Waals surface area contributed by atoms with E-state index in [4.69, 9.17) is 9.97 Å². The third kappa shape index (κ3) is 3.04. The van der Waals surface area contributed by atoms with E-state index in [1.54, 1.807) is 11.3 Å². The Kier molecular flexibility index (Phi) is 4.36. The maximum atomic E-state index is 4.81. The van der Waals surface area contributed by atoms with Crippen LogP contribution < -0.4 is 5.32 Å². The van der Waals surface area contributed by atoms with Crippen LogP contribution in [0.3, 0.4) is 0 Å². The van der Waals surface area contributed by atoms with Gasteiger partial charge >= 0.3 is 0 Å². The van der Waals surface area contributed by atoms with Gasteiger partial charge in [0, 0.05) is 17.8 Å². The maximum absolute atomic E-state index is 4.81. The molecule has 0 aliphatic heterocycles. The molecular weight excluding hydrogens is 286 g/mol. The van der Waals surface area contributed by atoms with Gasteiger partial charge in [0.2, 0.25) is 0 Å². The number of nitrogens with one attached hydrogen (secondary N) is 1. The van der Waals surface area contributed by atoms with Gasteiger partial charge in [0.05, 0.1) is 21.3 Å². The second-order valence-electron chi connectivity index (χ2n) is 5.27. The third-order valence-electron chi connectivity index (χ3n) is 3.51. The second kappa shape index (κ2) is 6.22. The molecule has 0 spiro atoms. The fourth-order valence-corrected chi connectivity index (χ4v) is 4.03. The smallest absolute Gasteiger partial charge is 0.183 e. The van der Waals surface area contributed by atoms with E-state index in [2.05, 4.69) is 24.5 Å². The highest BCUT2D eigenvalue weighted by molar-refractivity contribution is 7.16. The standard InChI is InChI=1S/C15H21N3S2/c1-3-5-8-16-15-17-11(9-19-15)14-13(10-6-7-10)18-12(4-2)20-14/h9-10H,3-8H2,1-2H3,(H,16,17). The molecule has 2 heterocycles. The van der Waals surface area contributed by atoms with Crippen molar-refractivity contribution < 1.29 is 0 Å². The lowest BCUT2D eigenvalue weighted by molar-refractivity contribution is 0.833. The first-order valence-corrected chi connectivity index (χ1v) is 9.20. The zero-order valence-electron chi connectivity index (χ0n) is 12.1. The molecule has 0 unspecified atom stereocenters. The van der Waals surface area contributed by atoms with E-state index in [1.807, 2.05) is 11.3 Å². The molecule has 3 rings (SSSR count). The van der Waals surface area contributed by atoms with E-state index in [0.717, 1.165) is 23.8 Å². The fourth-order valence-electron chi connectivity index (χ4n) is 2.18. The summed E-state index contributed by atoms with van der Waals surface area (Å²) in [7, 11) is 0. The van der Waals surface area contributed by atoms with Gasteiger partial charge in [-0.2, -0.15) is 0 Å². The third-order valence-corrected chi connectivity index (χ3v) is 5.55. The van der Waals surface area contributed by atoms with Crippen LogP contribution in [0, 0.1) is 0 Å². The van der Waals surface area contributed by atoms with Crippen LogP contribution in [0.1, 0.15) is 56.2 Å². The number of hydrogen-bond acceptors (Lipinski definition) is 5. The van der Waals surface area contributed by atoms with Crippen molar-refractivity contribution in [3.05, 3.63) is 16.1 Å². The monoisotopic (exact) mass is 307 g/mol. The molecule has 1 N–H and O–H groups in total. The van der Waals surface area contributed by atoms with Gasteiger partial charge in [0.1, 0.15) is 0 Å². The second-order valence-corrected chi connectivity index (χ2v) is 7.21. The van der Waals surface area contributed by atoms with Crippen molar-refractivity contribution in [1.29, 1.82) is 0 Å². The van der Waals surface area contributed by atoms with Crippen LogP contribution in [0.2, 0.25) is 0 Å². The molecule has 1 aliphatic carbocycles. The Bertz CT molecular complexity index is 569. The molecule has 0 saturated heterocycles. The summed E-state index contributed by atoms with van der Waals surface area (Å²) in [5.41, 5.74) is 2.42. The first-order chi connectivity index (χ1) is 9.81. The summed E-state index contributed by atoms with van der Waals surface area (Å²) in [5.74, 6) is 0.694. The fraction of sp³-hybridized carbons (Fsp3) is 0.600. The molecule has 0 radical (unpaired) electrons. The van der Waals surface area contributed by atoms with Crippen LogP contribution in [0.5, 0.6) is 0 Å². The first-order valence-electron chi connectivity index (χ1n) is 7.51. The highest BCUT2D eigenvalue weighted by atomic mass is 32.1. The summed E-state index contributed by atoms with van der Waals surface area (Å²) in [6.07, 6.45) is 6.03. The molecule has 20 heavy (non-hydrogen) atoms. The van der Waals surface area contributed by atoms with E-state index in [9.17, 15) is 0 Å². The van der Waals surface area contributed by atoms with Crippen LogP contribution in [0.15, 0.2) is 5.38 Å². The van der Waals surface area contributed by atoms with Gasteiger partial charge in [-0.05, 0) is 25.7 Å². The average molecular weight is 307 g/mol. The van der Waals surface area contributed by atoms with Gasteiger partial charge in [-0.1, -0.05) is 20.3 Å². The van der Waals surface area contributed by atoms with Crippen molar-refractivity contribution in [1.82, 2.24) is 9.97 Å². The number of unbranched alkanes of at least 4 members (excludes halogenated alkanes) is 1. The molecule has 2 aromatic rings. The molecule has 1 aliphatic rings. The average Bonchev–Trinajstić information content (AvgIpc) is 3.04. The van der Waals surface area contributed by atoms with Gasteiger partial charge < -0.3 is 5.32 Å². The predicted molar refractivity (Wildman–Crippen MR) is 88.0 cm³/mol. The van der Waals surface area contributed by atoms with Gasteiger partial charge in [-0.3, -0.25) is 0 Å². The van der Waals surface area contributed by atoms with Crippen LogP contribution in [-0.4, -0.2) is 16.5 Å². The molecule has 0 aromatic carbocycles. The van der Waals surface area contributed by atoms with E-state index in [-0.39, 0.29) is 0 Å². The van der Waals surface area contributed by atoms with Crippen LogP contribution in [0.4, 0.5) is 5.13 Å². The summed E-state index contributed by atoms with van der Waals surface area (Å²) in [6.45, 7) is 5.40. The Labute approximate surface area is 128 Å². The molecule has 1 fully saturated rings. The topological polar surface area (TPSA) is 37.8 Å². The Morgan fingerprint density at radius 2 is 2.15 bits per heavy atom. The molecule has 2 aromatic heterocycles. The SMILES string of the molecule is CCCCNc1nc(-c2sc(CC)nc2C2CC2)cs1. The van der Waals surface area contributed by atoms with Crippen LogP contribution >= 0.6 is 22.7 Å². The van der Waals surface area contributed by atoms with Gasteiger partial charge in [-0.15, -0.1) is 22.7 Å². The first kappa shape index (κ1) is 14.0. The highest BCUT2D eigenvalue weighted by Crippen LogP contribution is 2.46. The van der Waals surface area contributed by atoms with Crippen molar-refractivity contribution in [3.63, 3.8) is 0 Å². The van der Waals surface area contributed by atoms with E-state index in [0.29, 0.717) is 5.92 Å². The largest absolute Gasteiger partial charge is 0.362 e. The zero-order valence-corrected chi connectivity index (χ0v) is 13.7. The van der Waals surface area contributed by atoms with Gasteiger partial charge in [0.25, 0.3) is 0 Å². The lowest BCUT2D eigenvalue weighted by atomic mass is 10.2. The number of rotatable bonds is 7. The minimum atomic E-state index is 0.694. The molecular formula is C15H21N3S2. The van der Waals surface area contributed by atoms with Crippen molar-refractivity contribution in [3.8, 4) is 10.6 Å². The lowest BCUT2D eigenvalue weighted by Gasteiger charge is -1.99. The number of aryl methyl sites for hydroxylation is 1. The van der Waals surface area contributed by atoms with Crippen molar-refractivity contribution in [2.75, 3.05) is 11.9 Å². The number of thiazole rings is 2. The molecule has 0 atom stereocenters. The highest BCUT2D eigenvalue weighted by Gasteiger charge is 2.30. The molecule has 5 heteroatoms. The van der Waals surface area contributed by atoms with E-state index >= 15 is 0 Å². The number of anilines is 1. The van der Waals surface area contributed by atoms with E-state index in [1.165, 1.54) is 41.3 Å². The number of aromatic nitrogens is 2. The maximum Gasteiger partial charge on any atom is 0.183 e. The normalized spacial score (nSPS) is 14.7. The summed E-state index contributed by atoms with van der Waals surface area (Å²) >= 11 is 3.54. The summed E-state index contributed by atoms with van der Waals surface area (Å²) in [5, 5.41) is 7.88. The number of nitrogens with zero attached hydrogens (tertiary/aromatic N) is 2. The van der Waals surface area contributed by atoms with Gasteiger partial charge in [-0.25, -0.2) is 9.97 Å². The predicted octanol–water partition coefficient (Wildman–Crippen LogP) is 4.92. The zero-order chi connectivity index (χ0) is 13.9. The van der Waals surface area contributed by atoms with E-state index < -0.39 is 0 Å². The minimum Gasteiger partial charge on any atom is -0.362 e. The molecule has 0 bridgehead atoms. The summed E-state index contributed by atoms with van der Waals surface area (Å²) < 4.78 is 0. The van der Waals surface area contributed by atoms with Gasteiger partial charge in [0.15, 0.2) is 5.13 Å². The lowest BCUT2D eigenvalue weighted by Crippen LogP contribution is -1.99. The van der Waals surface area contributed by atoms with Crippen molar-refractivity contribution in [2.24, 2.45) is 0 Å². The van der Waals surface area contributed by atoms with Crippen molar-refractivity contribution >= 4 is 27.8 Å². The molecule has 108 valence electrons. The number of hydrogen-bond donors (Lipinski definition) is 1. The Hall–Kier alpha value is -0.940. The molecule has 1 saturated carbocycles. The summed E-state index contributed by atoms with van der Waals surface area (Å²) in [6, 6.07) is 0. The van der Waals surface area contributed by atoms with Crippen LogP contribution in [-0.2, 0) is 6.42 Å². The minimum absolute atomic E-state index is 0.694. The molecule has 0 amide bonds. The summed E-state index contributed by atoms with van der Waals surface area (Å²) in [4.78, 5) is 10.9. The Morgan fingerprint density at radius 3 is 2.85 bits per heavy atom. The molecule has 3 nitrogen and oxygen atoms in total. The quantitative estimate of drug-likeness (QED) is 0.738. The van der Waals surface area contributed by atoms with Crippen LogP contribution in [0.25, 0.3) is 10.6 Å².